The van der Waals surface area contributed by atoms with Crippen molar-refractivity contribution in [1.29, 1.82) is 0 Å². The summed E-state index contributed by atoms with van der Waals surface area (Å²) in [6, 6.07) is 10.3. The van der Waals surface area contributed by atoms with Gasteiger partial charge in [0.1, 0.15) is 0 Å². The second-order valence-electron chi connectivity index (χ2n) is 4.71. The molecule has 1 aromatic heterocycles. The standard InChI is InChI=1S/C14H18BrN3/c1-9(2)13-7-14(18-17-13)11(8-16)10-5-3-4-6-12(10)15/h3-7,9,11H,8,16H2,1-2H3,(H,17,18). The van der Waals surface area contributed by atoms with Gasteiger partial charge in [-0.2, -0.15) is 5.10 Å². The van der Waals surface area contributed by atoms with E-state index in [2.05, 4.69) is 52.1 Å². The fourth-order valence-corrected chi connectivity index (χ4v) is 2.57. The van der Waals surface area contributed by atoms with E-state index in [9.17, 15) is 0 Å². The maximum absolute atomic E-state index is 5.92. The Balaban J connectivity index is 2.36. The number of benzene rings is 1. The van der Waals surface area contributed by atoms with Crippen LogP contribution in [0.25, 0.3) is 0 Å². The van der Waals surface area contributed by atoms with Crippen LogP contribution in [-0.2, 0) is 0 Å². The third-order valence-corrected chi connectivity index (χ3v) is 3.82. The normalized spacial score (nSPS) is 12.9. The van der Waals surface area contributed by atoms with Crippen LogP contribution in [0.4, 0.5) is 0 Å². The van der Waals surface area contributed by atoms with Crippen molar-refractivity contribution in [2.75, 3.05) is 6.54 Å². The van der Waals surface area contributed by atoms with E-state index >= 15 is 0 Å². The van der Waals surface area contributed by atoms with E-state index in [4.69, 9.17) is 5.73 Å². The van der Waals surface area contributed by atoms with Gasteiger partial charge in [0.25, 0.3) is 0 Å². The van der Waals surface area contributed by atoms with Crippen LogP contribution in [0.1, 0.15) is 42.6 Å². The number of aromatic amines is 1. The first-order chi connectivity index (χ1) is 8.63. The van der Waals surface area contributed by atoms with Gasteiger partial charge in [0.15, 0.2) is 0 Å². The molecule has 0 saturated carbocycles. The number of nitrogens with two attached hydrogens (primary N) is 1. The summed E-state index contributed by atoms with van der Waals surface area (Å²) in [5.41, 5.74) is 9.27. The van der Waals surface area contributed by atoms with E-state index in [1.807, 2.05) is 18.2 Å². The molecule has 0 amide bonds. The minimum Gasteiger partial charge on any atom is -0.329 e. The predicted octanol–water partition coefficient (Wildman–Crippen LogP) is 3.39. The lowest BCUT2D eigenvalue weighted by Crippen LogP contribution is -2.14. The molecule has 2 rings (SSSR count). The van der Waals surface area contributed by atoms with Crippen LogP contribution in [0, 0.1) is 0 Å². The predicted molar refractivity (Wildman–Crippen MR) is 77.7 cm³/mol. The summed E-state index contributed by atoms with van der Waals surface area (Å²) in [5.74, 6) is 0.577. The van der Waals surface area contributed by atoms with Gasteiger partial charge in [0.2, 0.25) is 0 Å². The number of hydrogen-bond donors (Lipinski definition) is 2. The molecule has 0 aliphatic rings. The smallest absolute Gasteiger partial charge is 0.0650 e. The zero-order valence-corrected chi connectivity index (χ0v) is 12.2. The molecule has 0 bridgehead atoms. The number of rotatable bonds is 4. The molecule has 0 radical (unpaired) electrons. The zero-order valence-electron chi connectivity index (χ0n) is 10.7. The van der Waals surface area contributed by atoms with Gasteiger partial charge < -0.3 is 5.73 Å². The van der Waals surface area contributed by atoms with E-state index in [0.29, 0.717) is 12.5 Å². The summed E-state index contributed by atoms with van der Waals surface area (Å²) in [4.78, 5) is 0. The fraction of sp³-hybridized carbons (Fsp3) is 0.357. The van der Waals surface area contributed by atoms with Crippen molar-refractivity contribution < 1.29 is 0 Å². The molecule has 1 atom stereocenters. The first-order valence-corrected chi connectivity index (χ1v) is 6.92. The SMILES string of the molecule is CC(C)c1cc(C(CN)c2ccccc2Br)[nH]n1. The van der Waals surface area contributed by atoms with Crippen LogP contribution in [0.2, 0.25) is 0 Å². The minimum atomic E-state index is 0.153. The third-order valence-electron chi connectivity index (χ3n) is 3.10. The molecule has 0 saturated heterocycles. The van der Waals surface area contributed by atoms with Crippen molar-refractivity contribution in [2.45, 2.75) is 25.7 Å². The molecule has 3 N–H and O–H groups in total. The van der Waals surface area contributed by atoms with Crippen LogP contribution in [-0.4, -0.2) is 16.7 Å². The van der Waals surface area contributed by atoms with Crippen LogP contribution >= 0.6 is 15.9 Å². The number of halogens is 1. The van der Waals surface area contributed by atoms with Crippen molar-refractivity contribution >= 4 is 15.9 Å². The highest BCUT2D eigenvalue weighted by molar-refractivity contribution is 9.10. The van der Waals surface area contributed by atoms with Gasteiger partial charge in [-0.05, 0) is 23.6 Å². The summed E-state index contributed by atoms with van der Waals surface area (Å²) in [5, 5.41) is 7.46. The first kappa shape index (κ1) is 13.3. The topological polar surface area (TPSA) is 54.7 Å². The molecule has 3 nitrogen and oxygen atoms in total. The lowest BCUT2D eigenvalue weighted by Gasteiger charge is -2.14. The number of nitrogens with one attached hydrogen (secondary N) is 1. The lowest BCUT2D eigenvalue weighted by atomic mass is 9.95. The molecule has 0 spiro atoms. The molecule has 18 heavy (non-hydrogen) atoms. The Morgan fingerprint density at radius 2 is 2.06 bits per heavy atom. The Hall–Kier alpha value is -1.13. The van der Waals surface area contributed by atoms with Gasteiger partial charge >= 0.3 is 0 Å². The van der Waals surface area contributed by atoms with Gasteiger partial charge in [0.05, 0.1) is 5.69 Å². The molecular formula is C14H18BrN3. The van der Waals surface area contributed by atoms with Crippen molar-refractivity contribution in [3.05, 3.63) is 51.8 Å². The van der Waals surface area contributed by atoms with E-state index in [1.54, 1.807) is 0 Å². The monoisotopic (exact) mass is 307 g/mol. The van der Waals surface area contributed by atoms with Crippen molar-refractivity contribution in [1.82, 2.24) is 10.2 Å². The Kier molecular flexibility index (Phi) is 4.19. The van der Waals surface area contributed by atoms with Crippen molar-refractivity contribution in [3.8, 4) is 0 Å². The molecule has 0 aliphatic heterocycles. The maximum atomic E-state index is 5.92. The highest BCUT2D eigenvalue weighted by atomic mass is 79.9. The molecular weight excluding hydrogens is 290 g/mol. The fourth-order valence-electron chi connectivity index (χ4n) is 2.01. The number of H-pyrrole nitrogens is 1. The van der Waals surface area contributed by atoms with Gasteiger partial charge in [-0.15, -0.1) is 0 Å². The molecule has 1 aromatic carbocycles. The average Bonchev–Trinajstić information content (AvgIpc) is 2.82. The first-order valence-electron chi connectivity index (χ1n) is 6.13. The van der Waals surface area contributed by atoms with Gasteiger partial charge in [0, 0.05) is 22.6 Å². The second kappa shape index (κ2) is 5.67. The van der Waals surface area contributed by atoms with Crippen molar-refractivity contribution in [3.63, 3.8) is 0 Å². The summed E-state index contributed by atoms with van der Waals surface area (Å²) in [6.45, 7) is 4.83. The summed E-state index contributed by atoms with van der Waals surface area (Å²) < 4.78 is 1.08. The Morgan fingerprint density at radius 3 is 2.61 bits per heavy atom. The van der Waals surface area contributed by atoms with Gasteiger partial charge in [-0.25, -0.2) is 0 Å². The molecule has 0 fully saturated rings. The average molecular weight is 308 g/mol. The molecule has 4 heteroatoms. The summed E-state index contributed by atoms with van der Waals surface area (Å²) >= 11 is 3.58. The summed E-state index contributed by atoms with van der Waals surface area (Å²) in [7, 11) is 0. The summed E-state index contributed by atoms with van der Waals surface area (Å²) in [6.07, 6.45) is 0. The Labute approximate surface area is 116 Å². The Morgan fingerprint density at radius 1 is 1.33 bits per heavy atom. The van der Waals surface area contributed by atoms with Crippen molar-refractivity contribution in [2.24, 2.45) is 5.73 Å². The maximum Gasteiger partial charge on any atom is 0.0650 e. The van der Waals surface area contributed by atoms with Crippen LogP contribution < -0.4 is 5.73 Å². The van der Waals surface area contributed by atoms with E-state index in [1.165, 1.54) is 5.56 Å². The number of nitrogens with zero attached hydrogens (tertiary/aromatic N) is 1. The minimum absolute atomic E-state index is 0.153. The highest BCUT2D eigenvalue weighted by Gasteiger charge is 2.18. The van der Waals surface area contributed by atoms with E-state index in [0.717, 1.165) is 15.9 Å². The third kappa shape index (κ3) is 2.65. The van der Waals surface area contributed by atoms with Gasteiger partial charge in [-0.1, -0.05) is 48.0 Å². The van der Waals surface area contributed by atoms with E-state index < -0.39 is 0 Å². The van der Waals surface area contributed by atoms with Crippen LogP contribution in [0.3, 0.4) is 0 Å². The van der Waals surface area contributed by atoms with Crippen LogP contribution in [0.5, 0.6) is 0 Å². The van der Waals surface area contributed by atoms with E-state index in [-0.39, 0.29) is 5.92 Å². The Bertz CT molecular complexity index is 519. The largest absolute Gasteiger partial charge is 0.329 e. The molecule has 1 unspecified atom stereocenters. The lowest BCUT2D eigenvalue weighted by molar-refractivity contribution is 0.770. The highest BCUT2D eigenvalue weighted by Crippen LogP contribution is 2.29. The molecule has 96 valence electrons. The quantitative estimate of drug-likeness (QED) is 0.909. The zero-order chi connectivity index (χ0) is 13.1. The number of hydrogen-bond acceptors (Lipinski definition) is 2. The molecule has 1 heterocycles. The molecule has 0 aliphatic carbocycles. The van der Waals surface area contributed by atoms with Gasteiger partial charge in [-0.3, -0.25) is 5.10 Å². The number of aromatic nitrogens is 2. The second-order valence-corrected chi connectivity index (χ2v) is 5.57. The van der Waals surface area contributed by atoms with Crippen LogP contribution in [0.15, 0.2) is 34.8 Å². The molecule has 2 aromatic rings.